The van der Waals surface area contributed by atoms with Crippen LogP contribution in [0.2, 0.25) is 5.02 Å². The van der Waals surface area contributed by atoms with E-state index >= 15 is 0 Å². The second-order valence-electron chi connectivity index (χ2n) is 9.67. The first-order valence-corrected chi connectivity index (χ1v) is 12.7. The fraction of sp³-hybridized carbons (Fsp3) is 0.370. The zero-order chi connectivity index (χ0) is 24.8. The smallest absolute Gasteiger partial charge is 0.223 e. The second kappa shape index (κ2) is 9.33. The van der Waals surface area contributed by atoms with E-state index in [1.807, 2.05) is 35.8 Å². The predicted molar refractivity (Wildman–Crippen MR) is 138 cm³/mol. The number of fused-ring (bicyclic) bond motifs is 2. The Morgan fingerprint density at radius 1 is 1.08 bits per heavy atom. The monoisotopic (exact) mass is 507 g/mol. The Hall–Kier alpha value is -3.23. The summed E-state index contributed by atoms with van der Waals surface area (Å²) < 4.78 is 21.1. The lowest BCUT2D eigenvalue weighted by molar-refractivity contribution is -0.126. The molecule has 0 radical (unpaired) electrons. The highest BCUT2D eigenvalue weighted by molar-refractivity contribution is 6.32. The molecule has 0 aliphatic carbocycles. The van der Waals surface area contributed by atoms with Crippen molar-refractivity contribution in [2.24, 2.45) is 5.92 Å². The van der Waals surface area contributed by atoms with E-state index in [9.17, 15) is 9.18 Å². The molecule has 2 aromatic heterocycles. The molecule has 2 aromatic carbocycles. The van der Waals surface area contributed by atoms with Gasteiger partial charge in [-0.05, 0) is 74.2 Å². The summed E-state index contributed by atoms with van der Waals surface area (Å²) in [6.45, 7) is 4.68. The van der Waals surface area contributed by atoms with E-state index in [1.54, 1.807) is 6.07 Å². The average molecular weight is 508 g/mol. The molecule has 1 amide bonds. The van der Waals surface area contributed by atoms with E-state index in [4.69, 9.17) is 26.3 Å². The Morgan fingerprint density at radius 3 is 2.69 bits per heavy atom. The molecule has 2 aliphatic rings. The topological polar surface area (TPSA) is 72.3 Å². The van der Waals surface area contributed by atoms with E-state index < -0.39 is 0 Å². The van der Waals surface area contributed by atoms with Gasteiger partial charge in [-0.1, -0.05) is 11.6 Å². The summed E-state index contributed by atoms with van der Waals surface area (Å²) in [6.07, 6.45) is 2.36. The molecule has 9 heteroatoms. The van der Waals surface area contributed by atoms with Crippen LogP contribution < -0.4 is 10.2 Å². The number of ether oxygens (including phenoxy) is 1. The van der Waals surface area contributed by atoms with Crippen LogP contribution in [-0.2, 0) is 9.53 Å². The van der Waals surface area contributed by atoms with Gasteiger partial charge in [-0.2, -0.15) is 0 Å². The maximum Gasteiger partial charge on any atom is 0.223 e. The van der Waals surface area contributed by atoms with Crippen molar-refractivity contribution in [2.75, 3.05) is 31.2 Å². The molecule has 0 unspecified atom stereocenters. The molecule has 36 heavy (non-hydrogen) atoms. The SMILES string of the molecule is Cc1cc2c(cc1Cl)nc(N1CCC(C(=O)N[C@@H]3CCOC3)CC1)n2-c1ccc2cc(F)ccc2n1. The van der Waals surface area contributed by atoms with Crippen molar-refractivity contribution < 1.29 is 13.9 Å². The normalized spacial score (nSPS) is 18.9. The lowest BCUT2D eigenvalue weighted by Crippen LogP contribution is -2.44. The first-order chi connectivity index (χ1) is 17.5. The first-order valence-electron chi connectivity index (χ1n) is 12.3. The maximum atomic E-state index is 13.7. The number of hydrogen-bond acceptors (Lipinski definition) is 5. The van der Waals surface area contributed by atoms with Gasteiger partial charge in [0.1, 0.15) is 11.6 Å². The van der Waals surface area contributed by atoms with E-state index in [1.165, 1.54) is 12.1 Å². The largest absolute Gasteiger partial charge is 0.379 e. The number of carbonyl (C=O) groups is 1. The van der Waals surface area contributed by atoms with Gasteiger partial charge in [-0.3, -0.25) is 9.36 Å². The van der Waals surface area contributed by atoms with Crippen LogP contribution in [0, 0.1) is 18.7 Å². The molecule has 0 bridgehead atoms. The molecule has 0 saturated carbocycles. The number of amides is 1. The Labute approximate surface area is 213 Å². The molecule has 1 atom stereocenters. The summed E-state index contributed by atoms with van der Waals surface area (Å²) in [5, 5.41) is 4.54. The molecule has 186 valence electrons. The summed E-state index contributed by atoms with van der Waals surface area (Å²) in [6, 6.07) is 12.4. The van der Waals surface area contributed by atoms with E-state index in [0.29, 0.717) is 42.7 Å². The molecular weight excluding hydrogens is 481 g/mol. The summed E-state index contributed by atoms with van der Waals surface area (Å²) in [5.41, 5.74) is 3.34. The average Bonchev–Trinajstić information content (AvgIpc) is 3.52. The third-order valence-corrected chi connectivity index (χ3v) is 7.61. The van der Waals surface area contributed by atoms with Crippen LogP contribution in [0.15, 0.2) is 42.5 Å². The van der Waals surface area contributed by atoms with Gasteiger partial charge in [0.05, 0.1) is 29.2 Å². The number of nitrogens with zero attached hydrogens (tertiary/aromatic N) is 4. The number of hydrogen-bond donors (Lipinski definition) is 1. The lowest BCUT2D eigenvalue weighted by Gasteiger charge is -2.32. The van der Waals surface area contributed by atoms with Crippen molar-refractivity contribution in [3.8, 4) is 5.82 Å². The Balaban J connectivity index is 1.33. The van der Waals surface area contributed by atoms with Crippen molar-refractivity contribution >= 4 is 45.4 Å². The molecular formula is C27H27ClFN5O2. The summed E-state index contributed by atoms with van der Waals surface area (Å²) in [7, 11) is 0. The van der Waals surface area contributed by atoms with Gasteiger partial charge in [-0.25, -0.2) is 14.4 Å². The van der Waals surface area contributed by atoms with E-state index in [-0.39, 0.29) is 23.7 Å². The van der Waals surface area contributed by atoms with E-state index in [2.05, 4.69) is 10.2 Å². The number of aryl methyl sites for hydroxylation is 1. The maximum absolute atomic E-state index is 13.7. The van der Waals surface area contributed by atoms with Crippen LogP contribution in [0.4, 0.5) is 10.3 Å². The highest BCUT2D eigenvalue weighted by Crippen LogP contribution is 2.33. The van der Waals surface area contributed by atoms with Crippen molar-refractivity contribution in [2.45, 2.75) is 32.2 Å². The zero-order valence-electron chi connectivity index (χ0n) is 20.0. The number of imidazole rings is 1. The molecule has 2 aliphatic heterocycles. The van der Waals surface area contributed by atoms with Crippen LogP contribution in [0.25, 0.3) is 27.8 Å². The van der Waals surface area contributed by atoms with Gasteiger partial charge in [0.15, 0.2) is 0 Å². The Bertz CT molecular complexity index is 1460. The highest BCUT2D eigenvalue weighted by Gasteiger charge is 2.30. The Morgan fingerprint density at radius 2 is 1.92 bits per heavy atom. The van der Waals surface area contributed by atoms with Crippen molar-refractivity contribution in [1.82, 2.24) is 19.9 Å². The van der Waals surface area contributed by atoms with Gasteiger partial charge in [0.2, 0.25) is 11.9 Å². The number of halogens is 2. The minimum Gasteiger partial charge on any atom is -0.379 e. The number of rotatable bonds is 4. The van der Waals surface area contributed by atoms with Gasteiger partial charge >= 0.3 is 0 Å². The minimum atomic E-state index is -0.288. The molecule has 2 saturated heterocycles. The van der Waals surface area contributed by atoms with Gasteiger partial charge in [-0.15, -0.1) is 0 Å². The van der Waals surface area contributed by atoms with Crippen molar-refractivity contribution in [1.29, 1.82) is 0 Å². The second-order valence-corrected chi connectivity index (χ2v) is 10.1. The fourth-order valence-corrected chi connectivity index (χ4v) is 5.31. The summed E-state index contributed by atoms with van der Waals surface area (Å²) >= 11 is 6.43. The van der Waals surface area contributed by atoms with Crippen LogP contribution >= 0.6 is 11.6 Å². The Kier molecular flexibility index (Phi) is 6.01. The van der Waals surface area contributed by atoms with E-state index in [0.717, 1.165) is 47.2 Å². The fourth-order valence-electron chi connectivity index (χ4n) is 5.15. The number of pyridine rings is 1. The molecule has 6 rings (SSSR count). The van der Waals surface area contributed by atoms with Crippen molar-refractivity contribution in [3.05, 3.63) is 58.9 Å². The number of aromatic nitrogens is 3. The molecule has 0 spiro atoms. The quantitative estimate of drug-likeness (QED) is 0.430. The third kappa shape index (κ3) is 4.29. The zero-order valence-corrected chi connectivity index (χ0v) is 20.8. The third-order valence-electron chi connectivity index (χ3n) is 7.21. The van der Waals surface area contributed by atoms with Gasteiger partial charge in [0, 0.05) is 36.0 Å². The first kappa shape index (κ1) is 23.2. The molecule has 4 heterocycles. The number of carbonyl (C=O) groups excluding carboxylic acids is 1. The van der Waals surface area contributed by atoms with Gasteiger partial charge in [0.25, 0.3) is 0 Å². The number of anilines is 1. The number of piperidine rings is 1. The van der Waals surface area contributed by atoms with Crippen LogP contribution in [0.3, 0.4) is 0 Å². The standard InChI is InChI=1S/C27H27ClFN5O2/c1-16-12-24-23(14-21(16)28)32-27(34(24)25-5-2-18-13-19(29)3-4-22(18)31-25)33-9-6-17(7-10-33)26(35)30-20-8-11-36-15-20/h2-5,12-14,17,20H,6-11,15H2,1H3,(H,30,35)/t20-/m1/s1. The van der Waals surface area contributed by atoms with Gasteiger partial charge < -0.3 is 15.0 Å². The number of benzene rings is 2. The molecule has 2 fully saturated rings. The highest BCUT2D eigenvalue weighted by atomic mass is 35.5. The lowest BCUT2D eigenvalue weighted by atomic mass is 9.95. The van der Waals surface area contributed by atoms with Crippen molar-refractivity contribution in [3.63, 3.8) is 0 Å². The summed E-state index contributed by atoms with van der Waals surface area (Å²) in [5.74, 6) is 1.27. The van der Waals surface area contributed by atoms with Crippen LogP contribution in [0.5, 0.6) is 0 Å². The molecule has 1 N–H and O–H groups in total. The minimum absolute atomic E-state index is 0.0231. The molecule has 4 aromatic rings. The van der Waals surface area contributed by atoms with Crippen LogP contribution in [-0.4, -0.2) is 52.8 Å². The summed E-state index contributed by atoms with van der Waals surface area (Å²) in [4.78, 5) is 24.8. The molecule has 7 nitrogen and oxygen atoms in total. The predicted octanol–water partition coefficient (Wildman–Crippen LogP) is 4.80. The van der Waals surface area contributed by atoms with Crippen LogP contribution in [0.1, 0.15) is 24.8 Å². The number of nitrogens with one attached hydrogen (secondary N) is 1.